The normalized spacial score (nSPS) is 10.9. The number of hydrogen-bond donors (Lipinski definition) is 1. The largest absolute Gasteiger partial charge is 0.496 e. The highest BCUT2D eigenvalue weighted by Crippen LogP contribution is 2.40. The molecule has 0 radical (unpaired) electrons. The molecule has 158 valence electrons. The highest BCUT2D eigenvalue weighted by molar-refractivity contribution is 7.98. The number of para-hydroxylation sites is 1. The monoisotopic (exact) mass is 432 g/mol. The Labute approximate surface area is 186 Å². The molecule has 2 aromatic carbocycles. The maximum Gasteiger partial charge on any atom is 0.187 e. The van der Waals surface area contributed by atoms with E-state index in [4.69, 9.17) is 19.4 Å². The lowest BCUT2D eigenvalue weighted by Crippen LogP contribution is -2.02. The molecule has 0 unspecified atom stereocenters. The summed E-state index contributed by atoms with van der Waals surface area (Å²) in [5.41, 5.74) is 5.49. The van der Waals surface area contributed by atoms with E-state index < -0.39 is 0 Å². The quantitative estimate of drug-likeness (QED) is 0.305. The van der Waals surface area contributed by atoms with Crippen molar-refractivity contribution in [1.29, 1.82) is 0 Å². The number of hydrogen-bond acceptors (Lipinski definition) is 7. The van der Waals surface area contributed by atoms with E-state index in [0.29, 0.717) is 11.0 Å². The van der Waals surface area contributed by atoms with Gasteiger partial charge in [-0.15, -0.1) is 0 Å². The number of nitrogens with zero attached hydrogens (tertiary/aromatic N) is 3. The number of thioether (sulfide) groups is 1. The molecule has 0 aliphatic carbocycles. The molecule has 2 aromatic heterocycles. The number of anilines is 2. The standard InChI is InChI=1S/C24H24N4O2S/c1-14-19(29-3)12-20(30-4)15(2)21(14)18-11-16-13-25-24(31-5)28-22(16)23(27-18)26-17-9-7-6-8-10-17/h6-13H,1-5H3,(H,26,27). The van der Waals surface area contributed by atoms with Gasteiger partial charge in [0.15, 0.2) is 11.0 Å². The van der Waals surface area contributed by atoms with Crippen molar-refractivity contribution in [1.82, 2.24) is 15.0 Å². The number of benzene rings is 2. The van der Waals surface area contributed by atoms with Gasteiger partial charge in [-0.1, -0.05) is 30.0 Å². The molecular weight excluding hydrogens is 408 g/mol. The average Bonchev–Trinajstić information content (AvgIpc) is 2.80. The van der Waals surface area contributed by atoms with E-state index in [1.54, 1.807) is 14.2 Å². The summed E-state index contributed by atoms with van der Waals surface area (Å²) in [6.45, 7) is 4.06. The molecule has 0 aliphatic rings. The Balaban J connectivity index is 1.98. The summed E-state index contributed by atoms with van der Waals surface area (Å²) in [6.07, 6.45) is 3.81. The third kappa shape index (κ3) is 4.01. The van der Waals surface area contributed by atoms with Crippen LogP contribution in [-0.2, 0) is 0 Å². The summed E-state index contributed by atoms with van der Waals surface area (Å²) in [5.74, 6) is 2.19. The predicted molar refractivity (Wildman–Crippen MR) is 127 cm³/mol. The van der Waals surface area contributed by atoms with Gasteiger partial charge < -0.3 is 14.8 Å². The molecule has 0 bridgehead atoms. The number of nitrogens with one attached hydrogen (secondary N) is 1. The number of rotatable bonds is 6. The number of aromatic nitrogens is 3. The van der Waals surface area contributed by atoms with Crippen molar-refractivity contribution in [2.24, 2.45) is 0 Å². The van der Waals surface area contributed by atoms with Crippen molar-refractivity contribution >= 4 is 34.2 Å². The van der Waals surface area contributed by atoms with E-state index >= 15 is 0 Å². The fraction of sp³-hybridized carbons (Fsp3) is 0.208. The predicted octanol–water partition coefficient (Wildman–Crippen LogP) is 5.79. The van der Waals surface area contributed by atoms with E-state index in [0.717, 1.165) is 50.5 Å². The van der Waals surface area contributed by atoms with Crippen molar-refractivity contribution in [3.63, 3.8) is 0 Å². The first kappa shape index (κ1) is 20.9. The highest BCUT2D eigenvalue weighted by Gasteiger charge is 2.19. The van der Waals surface area contributed by atoms with Crippen molar-refractivity contribution in [2.75, 3.05) is 25.8 Å². The van der Waals surface area contributed by atoms with Crippen LogP contribution in [0.1, 0.15) is 11.1 Å². The van der Waals surface area contributed by atoms with Crippen LogP contribution >= 0.6 is 11.8 Å². The first-order valence-corrected chi connectivity index (χ1v) is 11.0. The second kappa shape index (κ2) is 8.81. The fourth-order valence-electron chi connectivity index (χ4n) is 3.67. The summed E-state index contributed by atoms with van der Waals surface area (Å²) in [4.78, 5) is 14.2. The Kier molecular flexibility index (Phi) is 5.95. The Bertz CT molecular complexity index is 1220. The fourth-order valence-corrected chi connectivity index (χ4v) is 4.01. The molecule has 1 N–H and O–H groups in total. The molecule has 0 saturated carbocycles. The van der Waals surface area contributed by atoms with Crippen LogP contribution in [0.25, 0.3) is 22.2 Å². The number of pyridine rings is 1. The van der Waals surface area contributed by atoms with Crippen LogP contribution in [0.5, 0.6) is 11.5 Å². The Morgan fingerprint density at radius 3 is 2.19 bits per heavy atom. The van der Waals surface area contributed by atoms with Gasteiger partial charge in [0, 0.05) is 40.0 Å². The second-order valence-corrected chi connectivity index (χ2v) is 7.82. The van der Waals surface area contributed by atoms with Crippen LogP contribution < -0.4 is 14.8 Å². The molecule has 0 saturated heterocycles. The second-order valence-electron chi connectivity index (χ2n) is 7.05. The minimum Gasteiger partial charge on any atom is -0.496 e. The lowest BCUT2D eigenvalue weighted by Gasteiger charge is -2.18. The van der Waals surface area contributed by atoms with Crippen molar-refractivity contribution in [2.45, 2.75) is 19.0 Å². The lowest BCUT2D eigenvalue weighted by molar-refractivity contribution is 0.391. The van der Waals surface area contributed by atoms with Gasteiger partial charge in [0.2, 0.25) is 0 Å². The average molecular weight is 433 g/mol. The van der Waals surface area contributed by atoms with E-state index in [1.165, 1.54) is 11.8 Å². The summed E-state index contributed by atoms with van der Waals surface area (Å²) in [5, 5.41) is 5.04. The van der Waals surface area contributed by atoms with Gasteiger partial charge in [0.05, 0.1) is 19.9 Å². The molecule has 0 aliphatic heterocycles. The molecule has 2 heterocycles. The van der Waals surface area contributed by atoms with Crippen LogP contribution in [0.15, 0.2) is 53.8 Å². The zero-order chi connectivity index (χ0) is 22.0. The third-order valence-electron chi connectivity index (χ3n) is 5.21. The minimum absolute atomic E-state index is 0.678. The molecule has 0 fully saturated rings. The Hall–Kier alpha value is -3.32. The van der Waals surface area contributed by atoms with Gasteiger partial charge in [-0.2, -0.15) is 0 Å². The van der Waals surface area contributed by atoms with Crippen molar-refractivity contribution in [3.8, 4) is 22.8 Å². The maximum absolute atomic E-state index is 5.60. The zero-order valence-corrected chi connectivity index (χ0v) is 19.0. The Morgan fingerprint density at radius 1 is 0.903 bits per heavy atom. The third-order valence-corrected chi connectivity index (χ3v) is 5.77. The molecule has 7 heteroatoms. The van der Waals surface area contributed by atoms with E-state index in [2.05, 4.69) is 10.3 Å². The first-order chi connectivity index (χ1) is 15.0. The Morgan fingerprint density at radius 2 is 1.58 bits per heavy atom. The molecule has 6 nitrogen and oxygen atoms in total. The highest BCUT2D eigenvalue weighted by atomic mass is 32.2. The molecule has 0 spiro atoms. The molecular formula is C24H24N4O2S. The smallest absolute Gasteiger partial charge is 0.187 e. The molecule has 31 heavy (non-hydrogen) atoms. The van der Waals surface area contributed by atoms with Crippen LogP contribution in [0.4, 0.5) is 11.5 Å². The summed E-state index contributed by atoms with van der Waals surface area (Å²) < 4.78 is 11.2. The van der Waals surface area contributed by atoms with Gasteiger partial charge in [-0.05, 0) is 38.3 Å². The summed E-state index contributed by atoms with van der Waals surface area (Å²) in [7, 11) is 3.32. The van der Waals surface area contributed by atoms with Gasteiger partial charge in [0.1, 0.15) is 17.0 Å². The van der Waals surface area contributed by atoms with E-state index in [-0.39, 0.29) is 0 Å². The van der Waals surface area contributed by atoms with Crippen LogP contribution in [0.3, 0.4) is 0 Å². The molecule has 0 amide bonds. The molecule has 0 atom stereocenters. The van der Waals surface area contributed by atoms with Crippen molar-refractivity contribution < 1.29 is 9.47 Å². The SMILES string of the molecule is COc1cc(OC)c(C)c(-c2cc3cnc(SC)nc3c(Nc3ccccc3)n2)c1C. The van der Waals surface area contributed by atoms with E-state index in [1.807, 2.05) is 68.8 Å². The van der Waals surface area contributed by atoms with Gasteiger partial charge >= 0.3 is 0 Å². The minimum atomic E-state index is 0.678. The molecule has 4 rings (SSSR count). The van der Waals surface area contributed by atoms with E-state index in [9.17, 15) is 0 Å². The van der Waals surface area contributed by atoms with Crippen molar-refractivity contribution in [3.05, 3.63) is 59.8 Å². The topological polar surface area (TPSA) is 69.2 Å². The van der Waals surface area contributed by atoms with Gasteiger partial charge in [-0.3, -0.25) is 0 Å². The number of fused-ring (bicyclic) bond motifs is 1. The molecule has 4 aromatic rings. The number of ether oxygens (including phenoxy) is 2. The summed E-state index contributed by atoms with van der Waals surface area (Å²) in [6, 6.07) is 13.9. The van der Waals surface area contributed by atoms with Crippen LogP contribution in [0, 0.1) is 13.8 Å². The lowest BCUT2D eigenvalue weighted by atomic mass is 9.97. The van der Waals surface area contributed by atoms with Gasteiger partial charge in [0.25, 0.3) is 0 Å². The van der Waals surface area contributed by atoms with Crippen LogP contribution in [-0.4, -0.2) is 35.4 Å². The number of methoxy groups -OCH3 is 2. The van der Waals surface area contributed by atoms with Gasteiger partial charge in [-0.25, -0.2) is 15.0 Å². The first-order valence-electron chi connectivity index (χ1n) is 9.82. The van der Waals surface area contributed by atoms with Crippen LogP contribution in [0.2, 0.25) is 0 Å². The zero-order valence-electron chi connectivity index (χ0n) is 18.2. The maximum atomic E-state index is 5.60. The summed E-state index contributed by atoms with van der Waals surface area (Å²) >= 11 is 1.50.